The van der Waals surface area contributed by atoms with Gasteiger partial charge in [-0.3, -0.25) is 5.84 Å². The molecular formula is CH11N7. The van der Waals surface area contributed by atoms with Crippen LogP contribution in [-0.2, 0) is 0 Å². The highest BCUT2D eigenvalue weighted by Gasteiger charge is 1.72. The molecule has 0 heterocycles. The van der Waals surface area contributed by atoms with Crippen LogP contribution in [0, 0.1) is 0 Å². The molecule has 0 aliphatic carbocycles. The molecule has 0 bridgehead atoms. The molecular weight excluding hydrogens is 110 g/mol. The fourth-order valence-electron chi connectivity index (χ4n) is 0.163. The van der Waals surface area contributed by atoms with Crippen molar-refractivity contribution in [2.45, 2.75) is 0 Å². The molecule has 8 heavy (non-hydrogen) atoms. The Morgan fingerprint density at radius 3 is 2.38 bits per heavy atom. The summed E-state index contributed by atoms with van der Waals surface area (Å²) in [5.41, 5.74) is 16.9. The normalized spacial score (nSPS) is 9.75. The predicted octanol–water partition coefficient (Wildman–Crippen LogP) is -3.62. The lowest BCUT2D eigenvalue weighted by atomic mass is 11.2. The molecule has 0 aliphatic heterocycles. The van der Waals surface area contributed by atoms with Crippen LogP contribution >= 0.6 is 0 Å². The Kier molecular flexibility index (Phi) is 6.48. The third-order valence-electron chi connectivity index (χ3n) is 0.388. The number of nitrogens with one attached hydrogen (secondary N) is 5. The molecule has 0 atom stereocenters. The molecule has 0 aromatic carbocycles. The summed E-state index contributed by atoms with van der Waals surface area (Å²) in [6, 6.07) is 0. The number of nitrogens with two attached hydrogens (primary N) is 2. The summed E-state index contributed by atoms with van der Waals surface area (Å²) in [6.45, 7) is 0.333. The zero-order valence-electron chi connectivity index (χ0n) is 4.36. The second-order valence-corrected chi connectivity index (χ2v) is 0.900. The van der Waals surface area contributed by atoms with Gasteiger partial charge in [0, 0.05) is 0 Å². The first-order valence-electron chi connectivity index (χ1n) is 2.05. The molecule has 0 rings (SSSR count). The Labute approximate surface area is 47.0 Å². The minimum absolute atomic E-state index is 0.333. The molecule has 0 unspecified atom stereocenters. The molecule has 0 aromatic rings. The van der Waals surface area contributed by atoms with Crippen LogP contribution in [0.3, 0.4) is 0 Å². The summed E-state index contributed by atoms with van der Waals surface area (Å²) >= 11 is 0. The predicted molar refractivity (Wildman–Crippen MR) is 28.9 cm³/mol. The van der Waals surface area contributed by atoms with E-state index in [9.17, 15) is 0 Å². The van der Waals surface area contributed by atoms with Crippen LogP contribution in [0.15, 0.2) is 0 Å². The van der Waals surface area contributed by atoms with E-state index >= 15 is 0 Å². The molecule has 0 fully saturated rings. The number of hydrogen-bond acceptors (Lipinski definition) is 7. The average molecular weight is 121 g/mol. The number of hydrogen-bond donors (Lipinski definition) is 7. The van der Waals surface area contributed by atoms with Gasteiger partial charge in [-0.1, -0.05) is 0 Å². The fourth-order valence-corrected chi connectivity index (χ4v) is 0.163. The molecule has 0 saturated carbocycles. The van der Waals surface area contributed by atoms with Gasteiger partial charge in [-0.05, 0) is 0 Å². The van der Waals surface area contributed by atoms with E-state index in [-0.39, 0.29) is 0 Å². The fraction of sp³-hybridized carbons (Fsp3) is 1.00. The van der Waals surface area contributed by atoms with Gasteiger partial charge < -0.3 is 5.73 Å². The van der Waals surface area contributed by atoms with Gasteiger partial charge in [0.2, 0.25) is 0 Å². The highest BCUT2D eigenvalue weighted by molar-refractivity contribution is 4.17. The minimum atomic E-state index is 0.333. The smallest absolute Gasteiger partial charge is 0.0578 e. The third-order valence-corrected chi connectivity index (χ3v) is 0.388. The van der Waals surface area contributed by atoms with Gasteiger partial charge in [0.1, 0.15) is 0 Å². The Bertz CT molecular complexity index is 29.4. The first kappa shape index (κ1) is 7.72. The van der Waals surface area contributed by atoms with Crippen LogP contribution in [0.5, 0.6) is 0 Å². The topological polar surface area (TPSA) is 112 Å². The van der Waals surface area contributed by atoms with Crippen molar-refractivity contribution in [3.63, 3.8) is 0 Å². The van der Waals surface area contributed by atoms with Crippen LogP contribution in [0.2, 0.25) is 0 Å². The molecule has 0 aliphatic rings. The summed E-state index contributed by atoms with van der Waals surface area (Å²) in [7, 11) is 0. The van der Waals surface area contributed by atoms with Crippen molar-refractivity contribution in [2.24, 2.45) is 11.6 Å². The molecule has 0 amide bonds. The number of hydrazine groups is 5. The Balaban J connectivity index is 2.53. The summed E-state index contributed by atoms with van der Waals surface area (Å²) in [4.78, 5) is 0. The second-order valence-electron chi connectivity index (χ2n) is 0.900. The average Bonchev–Trinajstić information content (AvgIpc) is 1.81. The van der Waals surface area contributed by atoms with Gasteiger partial charge in [0.15, 0.2) is 0 Å². The zero-order chi connectivity index (χ0) is 6.24. The number of rotatable bonds is 5. The van der Waals surface area contributed by atoms with Crippen molar-refractivity contribution < 1.29 is 0 Å². The van der Waals surface area contributed by atoms with Gasteiger partial charge in [0.25, 0.3) is 0 Å². The third kappa shape index (κ3) is 5.72. The van der Waals surface area contributed by atoms with Crippen molar-refractivity contribution >= 4 is 0 Å². The zero-order valence-corrected chi connectivity index (χ0v) is 4.36. The Morgan fingerprint density at radius 2 is 1.88 bits per heavy atom. The Hall–Kier alpha value is -0.280. The van der Waals surface area contributed by atoms with Crippen molar-refractivity contribution in [1.82, 2.24) is 27.6 Å². The van der Waals surface area contributed by atoms with Gasteiger partial charge in [-0.25, -0.2) is 5.43 Å². The van der Waals surface area contributed by atoms with E-state index < -0.39 is 0 Å². The maximum Gasteiger partial charge on any atom is 0.0578 e. The molecule has 7 heteroatoms. The summed E-state index contributed by atoms with van der Waals surface area (Å²) < 4.78 is 0. The lowest BCUT2D eigenvalue weighted by Gasteiger charge is -2.05. The van der Waals surface area contributed by atoms with Gasteiger partial charge in [0.05, 0.1) is 6.67 Å². The largest absolute Gasteiger partial charge is 0.317 e. The molecule has 50 valence electrons. The highest BCUT2D eigenvalue weighted by atomic mass is 15.8. The maximum absolute atomic E-state index is 5.02. The highest BCUT2D eigenvalue weighted by Crippen LogP contribution is 1.24. The second kappa shape index (κ2) is 6.72. The maximum atomic E-state index is 5.02. The standard InChI is InChI=1S/CH11N7/c2-1-4-6-8-7-5-3/h4-8H,1-3H2. The van der Waals surface area contributed by atoms with E-state index in [4.69, 9.17) is 11.6 Å². The van der Waals surface area contributed by atoms with Crippen molar-refractivity contribution in [3.05, 3.63) is 0 Å². The van der Waals surface area contributed by atoms with Gasteiger partial charge >= 0.3 is 0 Å². The van der Waals surface area contributed by atoms with Crippen LogP contribution < -0.4 is 39.1 Å². The van der Waals surface area contributed by atoms with Crippen molar-refractivity contribution in [3.8, 4) is 0 Å². The summed E-state index contributed by atoms with van der Waals surface area (Å²) in [5, 5.41) is 0. The summed E-state index contributed by atoms with van der Waals surface area (Å²) in [5.74, 6) is 4.79. The van der Waals surface area contributed by atoms with E-state index in [0.29, 0.717) is 6.67 Å². The lowest BCUT2D eigenvalue weighted by Crippen LogP contribution is -2.58. The monoisotopic (exact) mass is 121 g/mol. The van der Waals surface area contributed by atoms with E-state index in [1.54, 1.807) is 0 Å². The molecule has 0 aromatic heterocycles. The lowest BCUT2D eigenvalue weighted by molar-refractivity contribution is 0.331. The van der Waals surface area contributed by atoms with Gasteiger partial charge in [-0.2, -0.15) is 22.1 Å². The SMILES string of the molecule is NCNNNNNN. The van der Waals surface area contributed by atoms with E-state index in [1.165, 1.54) is 0 Å². The first-order chi connectivity index (χ1) is 3.91. The molecule has 0 spiro atoms. The van der Waals surface area contributed by atoms with Crippen molar-refractivity contribution in [1.29, 1.82) is 0 Å². The van der Waals surface area contributed by atoms with E-state index in [1.807, 2.05) is 0 Å². The van der Waals surface area contributed by atoms with E-state index in [2.05, 4.69) is 27.6 Å². The Morgan fingerprint density at radius 1 is 1.12 bits per heavy atom. The van der Waals surface area contributed by atoms with Crippen LogP contribution in [-0.4, -0.2) is 6.67 Å². The molecule has 0 saturated heterocycles. The van der Waals surface area contributed by atoms with Crippen LogP contribution in [0.4, 0.5) is 0 Å². The quantitative estimate of drug-likeness (QED) is 0.0870. The molecule has 9 N–H and O–H groups in total. The first-order valence-corrected chi connectivity index (χ1v) is 2.05. The molecule has 0 radical (unpaired) electrons. The van der Waals surface area contributed by atoms with Crippen LogP contribution in [0.1, 0.15) is 0 Å². The molecule has 7 nitrogen and oxygen atoms in total. The summed E-state index contributed by atoms with van der Waals surface area (Å²) in [6.07, 6.45) is 0. The van der Waals surface area contributed by atoms with Gasteiger partial charge in [-0.15, -0.1) is 0 Å². The van der Waals surface area contributed by atoms with E-state index in [0.717, 1.165) is 0 Å². The van der Waals surface area contributed by atoms with Crippen molar-refractivity contribution in [2.75, 3.05) is 6.67 Å². The minimum Gasteiger partial charge on any atom is -0.317 e. The van der Waals surface area contributed by atoms with Crippen LogP contribution in [0.25, 0.3) is 0 Å².